The van der Waals surface area contributed by atoms with E-state index in [1.54, 1.807) is 0 Å². The summed E-state index contributed by atoms with van der Waals surface area (Å²) in [4.78, 5) is 10.8. The van der Waals surface area contributed by atoms with Gasteiger partial charge in [0.2, 0.25) is 0 Å². The van der Waals surface area contributed by atoms with Crippen LogP contribution >= 0.6 is 0 Å². The molecule has 1 N–H and O–H groups in total. The molecule has 0 spiro atoms. The number of carboxylic acid groups (broad SMARTS) is 1. The van der Waals surface area contributed by atoms with Crippen molar-refractivity contribution in [2.75, 3.05) is 7.11 Å². The highest BCUT2D eigenvalue weighted by molar-refractivity contribution is 6.15. The number of carbonyl (C=O) groups is 1. The second-order valence-corrected chi connectivity index (χ2v) is 3.15. The van der Waals surface area contributed by atoms with Gasteiger partial charge < -0.3 is 9.84 Å². The van der Waals surface area contributed by atoms with Crippen molar-refractivity contribution in [1.82, 2.24) is 0 Å². The summed E-state index contributed by atoms with van der Waals surface area (Å²) in [5.74, 6) is -1.27. The number of carboxylic acids is 1. The highest BCUT2D eigenvalue weighted by Crippen LogP contribution is 2.30. The van der Waals surface area contributed by atoms with E-state index < -0.39 is 17.7 Å². The van der Waals surface area contributed by atoms with E-state index in [4.69, 9.17) is 5.11 Å². The Kier molecular flexibility index (Phi) is 3.77. The number of methoxy groups -OCH3 is 1. The molecule has 0 saturated carbocycles. The van der Waals surface area contributed by atoms with Crippen molar-refractivity contribution in [3.63, 3.8) is 0 Å². The molecule has 3 nitrogen and oxygen atoms in total. The molecular formula is C11H9F3O3. The van der Waals surface area contributed by atoms with E-state index in [0.717, 1.165) is 30.5 Å². The molecule has 0 fully saturated rings. The molecule has 1 rings (SSSR count). The molecule has 1 aromatic rings. The normalized spacial score (nSPS) is 12.4. The fraction of sp³-hybridized carbons (Fsp3) is 0.182. The van der Waals surface area contributed by atoms with Crippen LogP contribution in [0.2, 0.25) is 0 Å². The van der Waals surface area contributed by atoms with Crippen molar-refractivity contribution in [1.29, 1.82) is 0 Å². The highest BCUT2D eigenvalue weighted by atomic mass is 19.4. The number of benzene rings is 1. The smallest absolute Gasteiger partial charge is 0.416 e. The third-order valence-corrected chi connectivity index (χ3v) is 1.99. The molecule has 92 valence electrons. The maximum Gasteiger partial charge on any atom is 0.416 e. The summed E-state index contributed by atoms with van der Waals surface area (Å²) in [7, 11) is 1.26. The minimum atomic E-state index is -4.44. The molecule has 17 heavy (non-hydrogen) atoms. The monoisotopic (exact) mass is 246 g/mol. The van der Waals surface area contributed by atoms with Crippen molar-refractivity contribution >= 4 is 11.5 Å². The van der Waals surface area contributed by atoms with E-state index >= 15 is 0 Å². The Morgan fingerprint density at radius 1 is 1.29 bits per heavy atom. The van der Waals surface area contributed by atoms with Crippen LogP contribution < -0.4 is 0 Å². The Morgan fingerprint density at radius 2 is 1.82 bits per heavy atom. The lowest BCUT2D eigenvalue weighted by Gasteiger charge is -2.07. The lowest BCUT2D eigenvalue weighted by molar-refractivity contribution is -0.137. The molecule has 0 saturated heterocycles. The van der Waals surface area contributed by atoms with Crippen LogP contribution in [0, 0.1) is 0 Å². The average Bonchev–Trinajstić information content (AvgIpc) is 2.24. The number of hydrogen-bond donors (Lipinski definition) is 1. The molecule has 0 heterocycles. The van der Waals surface area contributed by atoms with Gasteiger partial charge in [0.1, 0.15) is 5.57 Å². The quantitative estimate of drug-likeness (QED) is 0.659. The first-order chi connectivity index (χ1) is 7.86. The molecule has 0 aliphatic heterocycles. The second kappa shape index (κ2) is 4.90. The van der Waals surface area contributed by atoms with Gasteiger partial charge in [-0.3, -0.25) is 0 Å². The first-order valence-corrected chi connectivity index (χ1v) is 4.50. The Labute approximate surface area is 95.1 Å². The minimum Gasteiger partial charge on any atom is -0.503 e. The summed E-state index contributed by atoms with van der Waals surface area (Å²) in [5, 5.41) is 8.82. The number of ether oxygens (including phenoxy) is 1. The summed E-state index contributed by atoms with van der Waals surface area (Å²) < 4.78 is 41.4. The van der Waals surface area contributed by atoms with E-state index in [2.05, 4.69) is 4.74 Å². The number of alkyl halides is 3. The maximum absolute atomic E-state index is 12.3. The van der Waals surface area contributed by atoms with Gasteiger partial charge in [-0.15, -0.1) is 0 Å². The molecule has 0 bridgehead atoms. The summed E-state index contributed by atoms with van der Waals surface area (Å²) >= 11 is 0. The zero-order valence-electron chi connectivity index (χ0n) is 8.78. The molecule has 0 atom stereocenters. The average molecular weight is 246 g/mol. The molecular weight excluding hydrogens is 237 g/mol. The highest BCUT2D eigenvalue weighted by Gasteiger charge is 2.30. The lowest BCUT2D eigenvalue weighted by atomic mass is 10.1. The van der Waals surface area contributed by atoms with Crippen molar-refractivity contribution < 1.29 is 27.8 Å². The van der Waals surface area contributed by atoms with Crippen molar-refractivity contribution in [3.05, 3.63) is 41.7 Å². The van der Waals surface area contributed by atoms with E-state index in [1.165, 1.54) is 7.11 Å². The molecule has 0 amide bonds. The fourth-order valence-corrected chi connectivity index (χ4v) is 1.20. The van der Waals surface area contributed by atoms with Crippen LogP contribution in [0.3, 0.4) is 0 Å². The van der Waals surface area contributed by atoms with Gasteiger partial charge in [0.25, 0.3) is 0 Å². The van der Waals surface area contributed by atoms with Gasteiger partial charge in [0.05, 0.1) is 18.9 Å². The lowest BCUT2D eigenvalue weighted by Crippen LogP contribution is -2.05. The van der Waals surface area contributed by atoms with Gasteiger partial charge in [0, 0.05) is 0 Å². The Bertz CT molecular complexity index is 432. The first kappa shape index (κ1) is 13.1. The van der Waals surface area contributed by atoms with Crippen LogP contribution in [0.25, 0.3) is 5.57 Å². The first-order valence-electron chi connectivity index (χ1n) is 4.50. The maximum atomic E-state index is 12.3. The molecule has 6 heteroatoms. The molecule has 0 radical (unpaired) electrons. The van der Waals surface area contributed by atoms with E-state index in [9.17, 15) is 18.0 Å². The van der Waals surface area contributed by atoms with Gasteiger partial charge >= 0.3 is 12.1 Å². The predicted molar refractivity (Wildman–Crippen MR) is 54.1 cm³/mol. The third-order valence-electron chi connectivity index (χ3n) is 1.99. The molecule has 0 aliphatic carbocycles. The summed E-state index contributed by atoms with van der Waals surface area (Å²) in [5.41, 5.74) is -0.892. The van der Waals surface area contributed by atoms with Gasteiger partial charge in [0.15, 0.2) is 0 Å². The van der Waals surface area contributed by atoms with E-state index in [0.29, 0.717) is 0 Å². The number of hydrogen-bond acceptors (Lipinski definition) is 2. The molecule has 0 aromatic heterocycles. The van der Waals surface area contributed by atoms with Crippen LogP contribution in [-0.2, 0) is 15.7 Å². The summed E-state index contributed by atoms with van der Waals surface area (Å²) in [6.07, 6.45) is -3.47. The largest absolute Gasteiger partial charge is 0.503 e. The predicted octanol–water partition coefficient (Wildman–Crippen LogP) is 2.78. The van der Waals surface area contributed by atoms with Gasteiger partial charge in [-0.2, -0.15) is 13.2 Å². The van der Waals surface area contributed by atoms with Crippen LogP contribution in [0.15, 0.2) is 30.5 Å². The third kappa shape index (κ3) is 3.24. The Morgan fingerprint density at radius 3 is 2.18 bits per heavy atom. The Balaban J connectivity index is 3.09. The molecule has 1 aromatic carbocycles. The van der Waals surface area contributed by atoms with Gasteiger partial charge in [-0.25, -0.2) is 4.79 Å². The topological polar surface area (TPSA) is 46.5 Å². The van der Waals surface area contributed by atoms with Crippen LogP contribution in [-0.4, -0.2) is 18.2 Å². The van der Waals surface area contributed by atoms with Crippen molar-refractivity contribution in [3.8, 4) is 0 Å². The zero-order valence-corrected chi connectivity index (χ0v) is 8.78. The van der Waals surface area contributed by atoms with E-state index in [-0.39, 0.29) is 11.1 Å². The van der Waals surface area contributed by atoms with Crippen LogP contribution in [0.1, 0.15) is 11.1 Å². The number of halogens is 3. The van der Waals surface area contributed by atoms with Crippen LogP contribution in [0.5, 0.6) is 0 Å². The molecule has 0 unspecified atom stereocenters. The van der Waals surface area contributed by atoms with Gasteiger partial charge in [-0.05, 0) is 17.7 Å². The second-order valence-electron chi connectivity index (χ2n) is 3.15. The minimum absolute atomic E-state index is 0.146. The number of aliphatic carboxylic acids is 1. The fourth-order valence-electron chi connectivity index (χ4n) is 1.20. The molecule has 0 aliphatic rings. The summed E-state index contributed by atoms with van der Waals surface area (Å²) in [6, 6.07) is 3.81. The Hall–Kier alpha value is -1.98. The number of rotatable bonds is 3. The van der Waals surface area contributed by atoms with Crippen molar-refractivity contribution in [2.24, 2.45) is 0 Å². The standard InChI is InChI=1S/C11H9F3O3/c1-17-6-9(10(15)16)7-2-4-8(5-3-7)11(12,13)14/h2-6H,1H3,(H,15,16)/b9-6+. The zero-order chi connectivity index (χ0) is 13.1. The SMILES string of the molecule is CO/C=C(/C(=O)O)c1ccc(C(F)(F)F)cc1. The van der Waals surface area contributed by atoms with E-state index in [1.807, 2.05) is 0 Å². The van der Waals surface area contributed by atoms with Crippen molar-refractivity contribution in [2.45, 2.75) is 6.18 Å². The summed E-state index contributed by atoms with van der Waals surface area (Å²) in [6.45, 7) is 0. The van der Waals surface area contributed by atoms with Crippen LogP contribution in [0.4, 0.5) is 13.2 Å². The van der Waals surface area contributed by atoms with Gasteiger partial charge in [-0.1, -0.05) is 12.1 Å².